The van der Waals surface area contributed by atoms with Crippen molar-refractivity contribution < 1.29 is 9.53 Å². The first kappa shape index (κ1) is 15.8. The Morgan fingerprint density at radius 3 is 2.62 bits per heavy atom. The van der Waals surface area contributed by atoms with Crippen LogP contribution in [0, 0.1) is 0 Å². The molecule has 4 heteroatoms. The van der Waals surface area contributed by atoms with Gasteiger partial charge in [-0.05, 0) is 25.8 Å². The Labute approximate surface area is 127 Å². The molecule has 0 unspecified atom stereocenters. The lowest BCUT2D eigenvalue weighted by Gasteiger charge is -2.17. The van der Waals surface area contributed by atoms with Crippen LogP contribution >= 0.6 is 0 Å². The summed E-state index contributed by atoms with van der Waals surface area (Å²) in [5.74, 6) is 0.657. The van der Waals surface area contributed by atoms with Gasteiger partial charge in [0.25, 0.3) is 5.91 Å². The number of nitrogens with one attached hydrogen (secondary N) is 1. The van der Waals surface area contributed by atoms with Crippen molar-refractivity contribution in [2.45, 2.75) is 57.5 Å². The largest absolute Gasteiger partial charge is 0.483 e. The number of benzene rings is 1. The van der Waals surface area contributed by atoms with E-state index in [0.29, 0.717) is 11.8 Å². The minimum atomic E-state index is -0.105. The Morgan fingerprint density at radius 2 is 1.95 bits per heavy atom. The summed E-state index contributed by atoms with van der Waals surface area (Å²) in [6.45, 7) is 1.97. The van der Waals surface area contributed by atoms with E-state index < -0.39 is 0 Å². The van der Waals surface area contributed by atoms with E-state index in [1.54, 1.807) is 0 Å². The zero-order chi connectivity index (χ0) is 15.1. The summed E-state index contributed by atoms with van der Waals surface area (Å²) in [4.78, 5) is 12.0. The molecule has 0 spiro atoms. The van der Waals surface area contributed by atoms with Crippen LogP contribution in [0.2, 0.25) is 0 Å². The predicted molar refractivity (Wildman–Crippen MR) is 84.2 cm³/mol. The second-order valence-corrected chi connectivity index (χ2v) is 5.87. The van der Waals surface area contributed by atoms with Crippen molar-refractivity contribution in [2.75, 3.05) is 6.61 Å². The van der Waals surface area contributed by atoms with Gasteiger partial charge in [0.2, 0.25) is 0 Å². The van der Waals surface area contributed by atoms with Crippen molar-refractivity contribution in [3.8, 4) is 5.75 Å². The highest BCUT2D eigenvalue weighted by Gasteiger charge is 2.15. The van der Waals surface area contributed by atoms with Gasteiger partial charge in [-0.1, -0.05) is 43.9 Å². The van der Waals surface area contributed by atoms with E-state index in [1.165, 1.54) is 25.7 Å². The molecule has 0 aliphatic heterocycles. The van der Waals surface area contributed by atoms with E-state index in [-0.39, 0.29) is 18.6 Å². The molecule has 1 aromatic rings. The van der Waals surface area contributed by atoms with Crippen molar-refractivity contribution in [1.29, 1.82) is 0 Å². The number of carbonyl (C=O) groups is 1. The van der Waals surface area contributed by atoms with Crippen molar-refractivity contribution in [3.63, 3.8) is 0 Å². The summed E-state index contributed by atoms with van der Waals surface area (Å²) in [7, 11) is 0. The first-order valence-electron chi connectivity index (χ1n) is 7.93. The molecule has 4 nitrogen and oxygen atoms in total. The number of amides is 1. The zero-order valence-corrected chi connectivity index (χ0v) is 12.8. The van der Waals surface area contributed by atoms with Crippen LogP contribution in [0.3, 0.4) is 0 Å². The summed E-state index contributed by atoms with van der Waals surface area (Å²) in [6.07, 6.45) is 7.15. The van der Waals surface area contributed by atoms with Gasteiger partial charge in [0.15, 0.2) is 6.61 Å². The first-order valence-corrected chi connectivity index (χ1v) is 7.93. The SMILES string of the molecule is C[C@@H](N)c1ccccc1OCC(=O)NC1CCCCCC1. The summed E-state index contributed by atoms with van der Waals surface area (Å²) < 4.78 is 5.64. The molecule has 1 aliphatic rings. The van der Waals surface area contributed by atoms with Gasteiger partial charge in [0, 0.05) is 17.6 Å². The van der Waals surface area contributed by atoms with Crippen molar-refractivity contribution in [1.82, 2.24) is 5.32 Å². The highest BCUT2D eigenvalue weighted by molar-refractivity contribution is 5.77. The fourth-order valence-electron chi connectivity index (χ4n) is 2.82. The van der Waals surface area contributed by atoms with Crippen LogP contribution in [-0.2, 0) is 4.79 Å². The monoisotopic (exact) mass is 290 g/mol. The minimum absolute atomic E-state index is 0.0404. The van der Waals surface area contributed by atoms with E-state index in [4.69, 9.17) is 10.5 Å². The maximum absolute atomic E-state index is 12.0. The van der Waals surface area contributed by atoms with Crippen LogP contribution in [0.25, 0.3) is 0 Å². The third-order valence-electron chi connectivity index (χ3n) is 3.99. The molecule has 0 heterocycles. The lowest BCUT2D eigenvalue weighted by Crippen LogP contribution is -2.37. The molecule has 21 heavy (non-hydrogen) atoms. The van der Waals surface area contributed by atoms with E-state index in [2.05, 4.69) is 5.32 Å². The Bertz CT molecular complexity index is 452. The van der Waals surface area contributed by atoms with Gasteiger partial charge in [0.05, 0.1) is 0 Å². The third kappa shape index (κ3) is 5.05. The molecule has 1 amide bonds. The van der Waals surface area contributed by atoms with E-state index in [0.717, 1.165) is 18.4 Å². The molecule has 2 rings (SSSR count). The predicted octanol–water partition coefficient (Wildman–Crippen LogP) is 2.92. The second-order valence-electron chi connectivity index (χ2n) is 5.87. The fraction of sp³-hybridized carbons (Fsp3) is 0.588. The molecule has 0 bridgehead atoms. The van der Waals surface area contributed by atoms with Gasteiger partial charge in [-0.3, -0.25) is 4.79 Å². The lowest BCUT2D eigenvalue weighted by atomic mass is 10.1. The van der Waals surface area contributed by atoms with Gasteiger partial charge in [0.1, 0.15) is 5.75 Å². The number of nitrogens with two attached hydrogens (primary N) is 1. The van der Waals surface area contributed by atoms with Crippen LogP contribution in [0.5, 0.6) is 5.75 Å². The van der Waals surface area contributed by atoms with Gasteiger partial charge in [-0.15, -0.1) is 0 Å². The van der Waals surface area contributed by atoms with Gasteiger partial charge < -0.3 is 15.8 Å². The Morgan fingerprint density at radius 1 is 1.29 bits per heavy atom. The third-order valence-corrected chi connectivity index (χ3v) is 3.99. The topological polar surface area (TPSA) is 64.3 Å². The zero-order valence-electron chi connectivity index (χ0n) is 12.8. The highest BCUT2D eigenvalue weighted by Crippen LogP contribution is 2.23. The molecular formula is C17H26N2O2. The van der Waals surface area contributed by atoms with Gasteiger partial charge in [-0.2, -0.15) is 0 Å². The maximum Gasteiger partial charge on any atom is 0.258 e. The molecular weight excluding hydrogens is 264 g/mol. The first-order chi connectivity index (χ1) is 10.2. The van der Waals surface area contributed by atoms with E-state index in [1.807, 2.05) is 31.2 Å². The van der Waals surface area contributed by atoms with Crippen LogP contribution in [0.15, 0.2) is 24.3 Å². The lowest BCUT2D eigenvalue weighted by molar-refractivity contribution is -0.123. The molecule has 0 aromatic heterocycles. The van der Waals surface area contributed by atoms with Crippen molar-refractivity contribution in [3.05, 3.63) is 29.8 Å². The molecule has 1 fully saturated rings. The van der Waals surface area contributed by atoms with Crippen molar-refractivity contribution in [2.24, 2.45) is 5.73 Å². The summed E-state index contributed by atoms with van der Waals surface area (Å²) in [5.41, 5.74) is 6.84. The van der Waals surface area contributed by atoms with E-state index in [9.17, 15) is 4.79 Å². The molecule has 116 valence electrons. The maximum atomic E-state index is 12.0. The Kier molecular flexibility index (Phi) is 6.05. The second kappa shape index (κ2) is 8.03. The Hall–Kier alpha value is -1.55. The van der Waals surface area contributed by atoms with Crippen LogP contribution in [-0.4, -0.2) is 18.6 Å². The highest BCUT2D eigenvalue weighted by atomic mass is 16.5. The van der Waals surface area contributed by atoms with Gasteiger partial charge >= 0.3 is 0 Å². The molecule has 0 radical (unpaired) electrons. The molecule has 1 saturated carbocycles. The summed E-state index contributed by atoms with van der Waals surface area (Å²) >= 11 is 0. The Balaban J connectivity index is 1.83. The molecule has 1 atom stereocenters. The standard InChI is InChI=1S/C17H26N2O2/c1-13(18)15-10-6-7-11-16(15)21-12-17(20)19-14-8-4-2-3-5-9-14/h6-7,10-11,13-14H,2-5,8-9,12,18H2,1H3,(H,19,20)/t13-/m1/s1. The number of hydrogen-bond acceptors (Lipinski definition) is 3. The van der Waals surface area contributed by atoms with Gasteiger partial charge in [-0.25, -0.2) is 0 Å². The minimum Gasteiger partial charge on any atom is -0.483 e. The average molecular weight is 290 g/mol. The van der Waals surface area contributed by atoms with E-state index >= 15 is 0 Å². The molecule has 3 N–H and O–H groups in total. The quantitative estimate of drug-likeness (QED) is 0.820. The van der Waals surface area contributed by atoms with Crippen LogP contribution < -0.4 is 15.8 Å². The molecule has 0 saturated heterocycles. The van der Waals surface area contributed by atoms with Crippen LogP contribution in [0.4, 0.5) is 0 Å². The number of hydrogen-bond donors (Lipinski definition) is 2. The summed E-state index contributed by atoms with van der Waals surface area (Å²) in [6, 6.07) is 7.82. The fourth-order valence-corrected chi connectivity index (χ4v) is 2.82. The van der Waals surface area contributed by atoms with Crippen molar-refractivity contribution >= 4 is 5.91 Å². The number of rotatable bonds is 5. The smallest absolute Gasteiger partial charge is 0.258 e. The summed E-state index contributed by atoms with van der Waals surface area (Å²) in [5, 5.41) is 3.08. The number of carbonyl (C=O) groups excluding carboxylic acids is 1. The normalized spacial score (nSPS) is 17.8. The number of para-hydroxylation sites is 1. The average Bonchev–Trinajstić information content (AvgIpc) is 2.74. The number of ether oxygens (including phenoxy) is 1. The van der Waals surface area contributed by atoms with Crippen LogP contribution in [0.1, 0.15) is 57.1 Å². The molecule has 1 aliphatic carbocycles. The molecule has 1 aromatic carbocycles.